The number of alkyl halides is 3. The smallest absolute Gasteiger partial charge is 0.450 e. The SMILES string of the molecule is COc1ccc2c(=O)c(-c3cnn(Cc4ccc(Cl)cc4)c3)c(C(F)(F)F)oc2c1OC. The lowest BCUT2D eigenvalue weighted by atomic mass is 10.0. The third-order valence-corrected chi connectivity index (χ3v) is 5.09. The third kappa shape index (κ3) is 3.91. The molecule has 32 heavy (non-hydrogen) atoms. The van der Waals surface area contributed by atoms with E-state index in [9.17, 15) is 18.0 Å². The van der Waals surface area contributed by atoms with Crippen molar-refractivity contribution in [1.29, 1.82) is 0 Å². The summed E-state index contributed by atoms with van der Waals surface area (Å²) < 4.78 is 58.6. The molecule has 2 aromatic heterocycles. The van der Waals surface area contributed by atoms with E-state index < -0.39 is 22.9 Å². The minimum atomic E-state index is -4.94. The first-order valence-electron chi connectivity index (χ1n) is 9.29. The molecule has 0 atom stereocenters. The van der Waals surface area contributed by atoms with Gasteiger partial charge in [0.05, 0.1) is 37.9 Å². The first kappa shape index (κ1) is 21.8. The number of nitrogens with zero attached hydrogens (tertiary/aromatic N) is 2. The van der Waals surface area contributed by atoms with Crippen molar-refractivity contribution >= 4 is 22.6 Å². The Morgan fingerprint density at radius 2 is 1.81 bits per heavy atom. The van der Waals surface area contributed by atoms with Gasteiger partial charge in [0.25, 0.3) is 0 Å². The number of aromatic nitrogens is 2. The van der Waals surface area contributed by atoms with E-state index >= 15 is 0 Å². The Hall–Kier alpha value is -3.46. The zero-order valence-electron chi connectivity index (χ0n) is 16.9. The summed E-state index contributed by atoms with van der Waals surface area (Å²) in [5.74, 6) is -1.40. The zero-order chi connectivity index (χ0) is 23.0. The van der Waals surface area contributed by atoms with Crippen molar-refractivity contribution in [3.05, 3.63) is 75.4 Å². The van der Waals surface area contributed by atoms with Crippen LogP contribution >= 0.6 is 11.6 Å². The summed E-state index contributed by atoms with van der Waals surface area (Å²) in [6.45, 7) is 0.280. The third-order valence-electron chi connectivity index (χ3n) is 4.84. The Balaban J connectivity index is 1.89. The van der Waals surface area contributed by atoms with E-state index in [4.69, 9.17) is 25.5 Å². The average Bonchev–Trinajstić information content (AvgIpc) is 3.21. The molecule has 0 fully saturated rings. The van der Waals surface area contributed by atoms with Crippen LogP contribution in [0.1, 0.15) is 11.3 Å². The molecule has 166 valence electrons. The minimum Gasteiger partial charge on any atom is -0.493 e. The summed E-state index contributed by atoms with van der Waals surface area (Å²) in [5, 5.41) is 4.59. The van der Waals surface area contributed by atoms with Crippen LogP contribution < -0.4 is 14.9 Å². The number of ether oxygens (including phenoxy) is 2. The summed E-state index contributed by atoms with van der Waals surface area (Å²) in [6, 6.07) is 9.71. The van der Waals surface area contributed by atoms with Crippen LogP contribution in [-0.2, 0) is 12.7 Å². The van der Waals surface area contributed by atoms with Crippen molar-refractivity contribution in [2.75, 3.05) is 14.2 Å². The molecule has 4 rings (SSSR count). The molecule has 10 heteroatoms. The number of hydrogen-bond acceptors (Lipinski definition) is 5. The van der Waals surface area contributed by atoms with Gasteiger partial charge in [-0.3, -0.25) is 9.48 Å². The number of hydrogen-bond donors (Lipinski definition) is 0. The fourth-order valence-corrected chi connectivity index (χ4v) is 3.51. The molecule has 0 bridgehead atoms. The molecule has 0 saturated carbocycles. The Morgan fingerprint density at radius 1 is 1.09 bits per heavy atom. The van der Waals surface area contributed by atoms with Gasteiger partial charge in [0.2, 0.25) is 16.9 Å². The highest BCUT2D eigenvalue weighted by molar-refractivity contribution is 6.30. The highest BCUT2D eigenvalue weighted by Crippen LogP contribution is 2.41. The van der Waals surface area contributed by atoms with Gasteiger partial charge >= 0.3 is 6.18 Å². The first-order chi connectivity index (χ1) is 15.2. The van der Waals surface area contributed by atoms with E-state index in [1.165, 1.54) is 43.4 Å². The van der Waals surface area contributed by atoms with Crippen molar-refractivity contribution in [2.24, 2.45) is 0 Å². The van der Waals surface area contributed by atoms with Gasteiger partial charge in [0, 0.05) is 16.8 Å². The lowest BCUT2D eigenvalue weighted by Gasteiger charge is -2.14. The second-order valence-corrected chi connectivity index (χ2v) is 7.30. The van der Waals surface area contributed by atoms with Crippen LogP contribution in [-0.4, -0.2) is 24.0 Å². The number of halogens is 4. The predicted molar refractivity (Wildman–Crippen MR) is 112 cm³/mol. The number of rotatable bonds is 5. The largest absolute Gasteiger partial charge is 0.493 e. The average molecular weight is 465 g/mol. The second-order valence-electron chi connectivity index (χ2n) is 6.86. The van der Waals surface area contributed by atoms with Gasteiger partial charge in [-0.05, 0) is 29.8 Å². The van der Waals surface area contributed by atoms with E-state index in [-0.39, 0.29) is 34.6 Å². The van der Waals surface area contributed by atoms with Gasteiger partial charge in [-0.15, -0.1) is 0 Å². The highest BCUT2D eigenvalue weighted by Gasteiger charge is 2.40. The maximum absolute atomic E-state index is 13.9. The molecular formula is C22H16ClF3N2O4. The Morgan fingerprint density at radius 3 is 2.44 bits per heavy atom. The van der Waals surface area contributed by atoms with E-state index in [1.54, 1.807) is 24.3 Å². The lowest BCUT2D eigenvalue weighted by molar-refractivity contribution is -0.152. The highest BCUT2D eigenvalue weighted by atomic mass is 35.5. The number of benzene rings is 2. The van der Waals surface area contributed by atoms with Crippen molar-refractivity contribution in [3.63, 3.8) is 0 Å². The summed E-state index contributed by atoms with van der Waals surface area (Å²) in [4.78, 5) is 13.2. The second kappa shape index (κ2) is 8.23. The molecule has 0 aliphatic heterocycles. The van der Waals surface area contributed by atoms with Crippen LogP contribution in [0.2, 0.25) is 5.02 Å². The molecular weight excluding hydrogens is 449 g/mol. The number of fused-ring (bicyclic) bond motifs is 1. The molecule has 2 aromatic carbocycles. The predicted octanol–water partition coefficient (Wildman–Crippen LogP) is 5.39. The van der Waals surface area contributed by atoms with Crippen molar-refractivity contribution in [3.8, 4) is 22.6 Å². The molecule has 0 aliphatic rings. The van der Waals surface area contributed by atoms with Crippen LogP contribution in [0.5, 0.6) is 11.5 Å². The van der Waals surface area contributed by atoms with Crippen molar-refractivity contribution in [1.82, 2.24) is 9.78 Å². The summed E-state index contributed by atoms with van der Waals surface area (Å²) in [6.07, 6.45) is -2.37. The topological polar surface area (TPSA) is 66.5 Å². The molecule has 0 aliphatic carbocycles. The maximum Gasteiger partial charge on any atom is 0.450 e. The Kier molecular flexibility index (Phi) is 5.60. The number of methoxy groups -OCH3 is 2. The molecule has 2 heterocycles. The molecule has 6 nitrogen and oxygen atoms in total. The van der Waals surface area contributed by atoms with Crippen LogP contribution in [0.4, 0.5) is 13.2 Å². The van der Waals surface area contributed by atoms with E-state index in [0.717, 1.165) is 5.56 Å². The normalized spacial score (nSPS) is 11.7. The quantitative estimate of drug-likeness (QED) is 0.396. The lowest BCUT2D eigenvalue weighted by Crippen LogP contribution is -2.16. The molecule has 0 radical (unpaired) electrons. The standard InChI is InChI=1S/C22H16ClF3N2O4/c1-30-16-8-7-15-18(29)17(21(22(24,25)26)32-19(15)20(16)31-2)13-9-27-28(11-13)10-12-3-5-14(23)6-4-12/h3-9,11H,10H2,1-2H3. The van der Waals surface area contributed by atoms with Crippen LogP contribution in [0.3, 0.4) is 0 Å². The monoisotopic (exact) mass is 464 g/mol. The first-order valence-corrected chi connectivity index (χ1v) is 9.67. The van der Waals surface area contributed by atoms with Gasteiger partial charge in [-0.1, -0.05) is 23.7 Å². The Labute approximate surface area is 184 Å². The minimum absolute atomic E-state index is 0.0169. The molecule has 0 unspecified atom stereocenters. The molecule has 0 spiro atoms. The van der Waals surface area contributed by atoms with Crippen LogP contribution in [0.15, 0.2) is 58.0 Å². The molecule has 4 aromatic rings. The van der Waals surface area contributed by atoms with Gasteiger partial charge in [-0.25, -0.2) is 0 Å². The van der Waals surface area contributed by atoms with E-state index in [2.05, 4.69) is 5.10 Å². The summed E-state index contributed by atoms with van der Waals surface area (Å²) >= 11 is 5.87. The van der Waals surface area contributed by atoms with Gasteiger partial charge in [0.1, 0.15) is 0 Å². The maximum atomic E-state index is 13.9. The van der Waals surface area contributed by atoms with Crippen molar-refractivity contribution in [2.45, 2.75) is 12.7 Å². The molecule has 0 saturated heterocycles. The van der Waals surface area contributed by atoms with Gasteiger partial charge in [-0.2, -0.15) is 18.3 Å². The summed E-state index contributed by atoms with van der Waals surface area (Å²) in [5.41, 5.74) is -1.01. The molecule has 0 N–H and O–H groups in total. The molecule has 0 amide bonds. The summed E-state index contributed by atoms with van der Waals surface area (Å²) in [7, 11) is 2.58. The van der Waals surface area contributed by atoms with Crippen LogP contribution in [0.25, 0.3) is 22.1 Å². The fraction of sp³-hybridized carbons (Fsp3) is 0.182. The van der Waals surface area contributed by atoms with E-state index in [0.29, 0.717) is 5.02 Å². The Bertz CT molecular complexity index is 1340. The van der Waals surface area contributed by atoms with Gasteiger partial charge in [0.15, 0.2) is 11.3 Å². The van der Waals surface area contributed by atoms with Crippen LogP contribution in [0, 0.1) is 0 Å². The fourth-order valence-electron chi connectivity index (χ4n) is 3.39. The zero-order valence-corrected chi connectivity index (χ0v) is 17.6. The van der Waals surface area contributed by atoms with Gasteiger partial charge < -0.3 is 13.9 Å². The van der Waals surface area contributed by atoms with Crippen molar-refractivity contribution < 1.29 is 27.1 Å². The van der Waals surface area contributed by atoms with E-state index in [1.807, 2.05) is 0 Å².